The smallest absolute Gasteiger partial charge is 0.227 e. The van der Waals surface area contributed by atoms with Crippen LogP contribution in [0.5, 0.6) is 0 Å². The van der Waals surface area contributed by atoms with Gasteiger partial charge in [0.25, 0.3) is 0 Å². The summed E-state index contributed by atoms with van der Waals surface area (Å²) < 4.78 is 16.7. The van der Waals surface area contributed by atoms with Crippen molar-refractivity contribution >= 4 is 5.91 Å². The van der Waals surface area contributed by atoms with Crippen molar-refractivity contribution in [3.8, 4) is 0 Å². The van der Waals surface area contributed by atoms with E-state index in [1.54, 1.807) is 0 Å². The number of carbonyl (C=O) groups is 1. The van der Waals surface area contributed by atoms with Crippen LogP contribution in [0.15, 0.2) is 16.2 Å². The van der Waals surface area contributed by atoms with Crippen molar-refractivity contribution in [1.29, 1.82) is 0 Å². The van der Waals surface area contributed by atoms with Crippen molar-refractivity contribution in [3.63, 3.8) is 0 Å². The standard InChI is InChI=1S/C20H28N2O4/c1-14-17(15(2)26-21-14)12-19(23)22-8-3-7-20(13-25-11-6-18(20)22)16-4-9-24-10-5-16/h4,18H,3,5-13H2,1-2H3/t18-,20-/m0/s1. The fourth-order valence-corrected chi connectivity index (χ4v) is 4.99. The van der Waals surface area contributed by atoms with Crippen molar-refractivity contribution in [2.45, 2.75) is 52.0 Å². The van der Waals surface area contributed by atoms with E-state index in [0.29, 0.717) is 13.0 Å². The molecule has 3 aliphatic heterocycles. The summed E-state index contributed by atoms with van der Waals surface area (Å²) >= 11 is 0. The molecule has 3 aliphatic rings. The number of amides is 1. The largest absolute Gasteiger partial charge is 0.380 e. The molecular weight excluding hydrogens is 332 g/mol. The van der Waals surface area contributed by atoms with Gasteiger partial charge in [-0.2, -0.15) is 0 Å². The van der Waals surface area contributed by atoms with Gasteiger partial charge in [0, 0.05) is 30.2 Å². The van der Waals surface area contributed by atoms with Crippen LogP contribution >= 0.6 is 0 Å². The molecule has 0 spiro atoms. The number of aromatic nitrogens is 1. The average Bonchev–Trinajstić information content (AvgIpc) is 3.00. The first-order valence-corrected chi connectivity index (χ1v) is 9.68. The Bertz CT molecular complexity index is 687. The van der Waals surface area contributed by atoms with Gasteiger partial charge >= 0.3 is 0 Å². The lowest BCUT2D eigenvalue weighted by Gasteiger charge is -2.54. The third kappa shape index (κ3) is 2.99. The van der Waals surface area contributed by atoms with Crippen molar-refractivity contribution in [1.82, 2.24) is 10.1 Å². The molecule has 0 aromatic carbocycles. The Balaban J connectivity index is 1.60. The van der Waals surface area contributed by atoms with Crippen LogP contribution in [-0.4, -0.2) is 55.0 Å². The molecule has 26 heavy (non-hydrogen) atoms. The minimum absolute atomic E-state index is 0.0331. The summed E-state index contributed by atoms with van der Waals surface area (Å²) in [6.45, 7) is 7.51. The lowest BCUT2D eigenvalue weighted by molar-refractivity contribution is -0.146. The molecule has 0 N–H and O–H groups in total. The van der Waals surface area contributed by atoms with Gasteiger partial charge in [-0.1, -0.05) is 16.8 Å². The van der Waals surface area contributed by atoms with Crippen LogP contribution in [0.3, 0.4) is 0 Å². The third-order valence-electron chi connectivity index (χ3n) is 6.36. The highest BCUT2D eigenvalue weighted by atomic mass is 16.5. The SMILES string of the molecule is Cc1noc(C)c1CC(=O)N1CCC[C@@]2(C3=CCOCC3)COCC[C@H]12. The summed E-state index contributed by atoms with van der Waals surface area (Å²) in [7, 11) is 0. The van der Waals surface area contributed by atoms with Gasteiger partial charge in [-0.15, -0.1) is 0 Å². The van der Waals surface area contributed by atoms with Crippen LogP contribution in [0, 0.1) is 19.3 Å². The predicted molar refractivity (Wildman–Crippen MR) is 95.8 cm³/mol. The summed E-state index contributed by atoms with van der Waals surface area (Å²) in [4.78, 5) is 15.3. The number of ether oxygens (including phenoxy) is 2. The van der Waals surface area contributed by atoms with Crippen LogP contribution in [0.2, 0.25) is 0 Å². The minimum atomic E-state index is -0.0331. The summed E-state index contributed by atoms with van der Waals surface area (Å²) in [5, 5.41) is 3.99. The van der Waals surface area contributed by atoms with Gasteiger partial charge in [-0.05, 0) is 39.5 Å². The third-order valence-corrected chi connectivity index (χ3v) is 6.36. The van der Waals surface area contributed by atoms with E-state index in [1.165, 1.54) is 5.57 Å². The lowest BCUT2D eigenvalue weighted by Crippen LogP contribution is -2.60. The first-order chi connectivity index (χ1) is 12.6. The predicted octanol–water partition coefficient (Wildman–Crippen LogP) is 2.58. The van der Waals surface area contributed by atoms with E-state index < -0.39 is 0 Å². The number of aryl methyl sites for hydroxylation is 2. The summed E-state index contributed by atoms with van der Waals surface area (Å²) in [5.41, 5.74) is 3.15. The van der Waals surface area contributed by atoms with E-state index in [-0.39, 0.29) is 17.4 Å². The highest BCUT2D eigenvalue weighted by Gasteiger charge is 2.50. The maximum absolute atomic E-state index is 13.2. The number of rotatable bonds is 3. The second-order valence-electron chi connectivity index (χ2n) is 7.74. The summed E-state index contributed by atoms with van der Waals surface area (Å²) in [6.07, 6.45) is 6.57. The number of fused-ring (bicyclic) bond motifs is 1. The van der Waals surface area contributed by atoms with Crippen LogP contribution in [0.25, 0.3) is 0 Å². The van der Waals surface area contributed by atoms with Crippen molar-refractivity contribution in [3.05, 3.63) is 28.7 Å². The Morgan fingerprint density at radius 3 is 2.96 bits per heavy atom. The molecule has 4 heterocycles. The first-order valence-electron chi connectivity index (χ1n) is 9.68. The van der Waals surface area contributed by atoms with E-state index in [4.69, 9.17) is 14.0 Å². The Morgan fingerprint density at radius 2 is 2.23 bits per heavy atom. The number of nitrogens with zero attached hydrogens (tertiary/aromatic N) is 2. The van der Waals surface area contributed by atoms with Gasteiger partial charge in [0.05, 0.1) is 31.9 Å². The van der Waals surface area contributed by atoms with Crippen LogP contribution < -0.4 is 0 Å². The molecular formula is C20H28N2O4. The van der Waals surface area contributed by atoms with E-state index in [0.717, 1.165) is 69.1 Å². The number of carbonyl (C=O) groups excluding carboxylic acids is 1. The molecule has 0 aliphatic carbocycles. The number of likely N-dealkylation sites (tertiary alicyclic amines) is 1. The maximum Gasteiger partial charge on any atom is 0.227 e. The highest BCUT2D eigenvalue weighted by molar-refractivity contribution is 5.80. The Kier molecular flexibility index (Phi) is 4.88. The maximum atomic E-state index is 13.2. The molecule has 2 fully saturated rings. The molecule has 6 nitrogen and oxygen atoms in total. The van der Waals surface area contributed by atoms with Gasteiger partial charge in [-0.3, -0.25) is 4.79 Å². The van der Waals surface area contributed by atoms with E-state index >= 15 is 0 Å². The van der Waals surface area contributed by atoms with Gasteiger partial charge in [0.1, 0.15) is 5.76 Å². The van der Waals surface area contributed by atoms with E-state index in [9.17, 15) is 4.79 Å². The normalized spacial score (nSPS) is 29.2. The van der Waals surface area contributed by atoms with Crippen LogP contribution in [-0.2, 0) is 20.7 Å². The quantitative estimate of drug-likeness (QED) is 0.775. The fourth-order valence-electron chi connectivity index (χ4n) is 4.99. The summed E-state index contributed by atoms with van der Waals surface area (Å²) in [6, 6.07) is 0.224. The number of piperidine rings is 1. The van der Waals surface area contributed by atoms with E-state index in [1.807, 2.05) is 13.8 Å². The topological polar surface area (TPSA) is 64.8 Å². The monoisotopic (exact) mass is 360 g/mol. The summed E-state index contributed by atoms with van der Waals surface area (Å²) in [5.74, 6) is 0.932. The zero-order valence-electron chi connectivity index (χ0n) is 15.8. The van der Waals surface area contributed by atoms with Crippen molar-refractivity contribution < 1.29 is 18.8 Å². The van der Waals surface area contributed by atoms with Gasteiger partial charge in [0.2, 0.25) is 5.91 Å². The lowest BCUT2D eigenvalue weighted by atomic mass is 9.65. The molecule has 0 radical (unpaired) electrons. The first kappa shape index (κ1) is 17.7. The molecule has 6 heteroatoms. The number of hydrogen-bond donors (Lipinski definition) is 0. The van der Waals surface area contributed by atoms with Crippen molar-refractivity contribution in [2.24, 2.45) is 5.41 Å². The molecule has 0 unspecified atom stereocenters. The second-order valence-corrected chi connectivity index (χ2v) is 7.74. The van der Waals surface area contributed by atoms with Gasteiger partial charge < -0.3 is 18.9 Å². The molecule has 1 amide bonds. The zero-order chi connectivity index (χ0) is 18.1. The molecule has 1 aromatic rings. The molecule has 2 atom stereocenters. The van der Waals surface area contributed by atoms with Crippen molar-refractivity contribution in [2.75, 3.05) is 33.0 Å². The van der Waals surface area contributed by atoms with E-state index in [2.05, 4.69) is 16.1 Å². The minimum Gasteiger partial charge on any atom is -0.380 e. The van der Waals surface area contributed by atoms with Crippen LogP contribution in [0.4, 0.5) is 0 Å². The fraction of sp³-hybridized carbons (Fsp3) is 0.700. The number of hydrogen-bond acceptors (Lipinski definition) is 5. The zero-order valence-corrected chi connectivity index (χ0v) is 15.8. The highest BCUT2D eigenvalue weighted by Crippen LogP contribution is 2.48. The Hall–Kier alpha value is -1.66. The average molecular weight is 360 g/mol. The molecule has 4 rings (SSSR count). The molecule has 142 valence electrons. The van der Waals surface area contributed by atoms with Gasteiger partial charge in [-0.25, -0.2) is 0 Å². The molecule has 2 saturated heterocycles. The Labute approximate surface area is 154 Å². The molecule has 0 saturated carbocycles. The molecule has 1 aromatic heterocycles. The van der Waals surface area contributed by atoms with Gasteiger partial charge in [0.15, 0.2) is 0 Å². The second kappa shape index (κ2) is 7.16. The molecule has 0 bridgehead atoms. The van der Waals surface area contributed by atoms with Crippen LogP contribution in [0.1, 0.15) is 42.7 Å². The Morgan fingerprint density at radius 1 is 1.35 bits per heavy atom.